The zero-order valence-corrected chi connectivity index (χ0v) is 17.5. The molecule has 1 aliphatic heterocycles. The number of thioether (sulfide) groups is 1. The van der Waals surface area contributed by atoms with Crippen molar-refractivity contribution in [1.29, 1.82) is 0 Å². The highest BCUT2D eigenvalue weighted by molar-refractivity contribution is 8.18. The van der Waals surface area contributed by atoms with Gasteiger partial charge in [-0.15, -0.1) is 0 Å². The van der Waals surface area contributed by atoms with Crippen molar-refractivity contribution >= 4 is 34.9 Å². The highest BCUT2D eigenvalue weighted by Crippen LogP contribution is 2.25. The van der Waals surface area contributed by atoms with Gasteiger partial charge in [0.05, 0.1) is 10.6 Å². The van der Waals surface area contributed by atoms with Crippen molar-refractivity contribution in [2.45, 2.75) is 51.2 Å². The van der Waals surface area contributed by atoms with Crippen molar-refractivity contribution in [3.05, 3.63) is 52.4 Å². The number of amides is 2. The van der Waals surface area contributed by atoms with E-state index < -0.39 is 0 Å². The smallest absolute Gasteiger partial charge is 0.290 e. The van der Waals surface area contributed by atoms with Gasteiger partial charge in [-0.1, -0.05) is 6.07 Å². The van der Waals surface area contributed by atoms with E-state index in [0.29, 0.717) is 28.6 Å². The van der Waals surface area contributed by atoms with E-state index in [-0.39, 0.29) is 11.1 Å². The summed E-state index contributed by atoms with van der Waals surface area (Å²) in [4.78, 5) is 36.4. The standard InChI is InChI=1S/C21H24N6O2S/c1-13-14(3-2-9-22-13)12-24-15-4-6-16(7-5-15)25-20-23-10-8-17(26-20)11-18-19(28)27-21(29)30-18/h2-3,8-11,15-16,24H,4-7,12H2,1H3,(H,23,25,26)(H,27,28,29)/b18-11-/t15-,16-. The van der Waals surface area contributed by atoms with Gasteiger partial charge < -0.3 is 10.6 Å². The summed E-state index contributed by atoms with van der Waals surface area (Å²) in [6, 6.07) is 6.62. The first-order valence-electron chi connectivity index (χ1n) is 10.0. The molecule has 0 radical (unpaired) electrons. The van der Waals surface area contributed by atoms with Crippen LogP contribution in [0.15, 0.2) is 35.5 Å². The van der Waals surface area contributed by atoms with Crippen LogP contribution in [0.4, 0.5) is 10.7 Å². The minimum absolute atomic E-state index is 0.316. The molecular formula is C21H24N6O2S. The van der Waals surface area contributed by atoms with Crippen LogP contribution in [0.5, 0.6) is 0 Å². The maximum atomic E-state index is 11.7. The highest BCUT2D eigenvalue weighted by atomic mass is 32.2. The van der Waals surface area contributed by atoms with Crippen LogP contribution in [-0.2, 0) is 11.3 Å². The van der Waals surface area contributed by atoms with E-state index in [4.69, 9.17) is 0 Å². The Balaban J connectivity index is 1.28. The first kappa shape index (κ1) is 20.5. The number of pyridine rings is 1. The fraction of sp³-hybridized carbons (Fsp3) is 0.381. The van der Waals surface area contributed by atoms with Crippen LogP contribution >= 0.6 is 11.8 Å². The van der Waals surface area contributed by atoms with Gasteiger partial charge in [-0.05, 0) is 68.1 Å². The summed E-state index contributed by atoms with van der Waals surface area (Å²) in [5, 5.41) is 8.94. The quantitative estimate of drug-likeness (QED) is 0.607. The summed E-state index contributed by atoms with van der Waals surface area (Å²) in [6.07, 6.45) is 9.32. The number of anilines is 1. The number of aryl methyl sites for hydroxylation is 1. The van der Waals surface area contributed by atoms with E-state index in [1.165, 1.54) is 5.56 Å². The van der Waals surface area contributed by atoms with Crippen molar-refractivity contribution < 1.29 is 9.59 Å². The molecule has 3 heterocycles. The fourth-order valence-corrected chi connectivity index (χ4v) is 4.33. The van der Waals surface area contributed by atoms with Gasteiger partial charge in [0.2, 0.25) is 5.95 Å². The number of nitrogens with one attached hydrogen (secondary N) is 3. The minimum Gasteiger partial charge on any atom is -0.351 e. The van der Waals surface area contributed by atoms with Crippen LogP contribution in [0, 0.1) is 6.92 Å². The molecule has 1 aliphatic carbocycles. The van der Waals surface area contributed by atoms with Crippen molar-refractivity contribution in [2.24, 2.45) is 0 Å². The normalized spacial score (nSPS) is 22.9. The number of nitrogens with zero attached hydrogens (tertiary/aromatic N) is 3. The molecule has 2 amide bonds. The molecule has 4 rings (SSSR count). The summed E-state index contributed by atoms with van der Waals surface area (Å²) in [5.41, 5.74) is 2.92. The van der Waals surface area contributed by atoms with Crippen molar-refractivity contribution in [3.8, 4) is 0 Å². The maximum absolute atomic E-state index is 11.7. The predicted molar refractivity (Wildman–Crippen MR) is 117 cm³/mol. The molecule has 8 nitrogen and oxygen atoms in total. The zero-order chi connectivity index (χ0) is 20.9. The van der Waals surface area contributed by atoms with Gasteiger partial charge in [-0.3, -0.25) is 19.9 Å². The van der Waals surface area contributed by atoms with E-state index in [2.05, 4.69) is 37.0 Å². The molecule has 156 valence electrons. The van der Waals surface area contributed by atoms with Gasteiger partial charge in [0.25, 0.3) is 11.1 Å². The highest BCUT2D eigenvalue weighted by Gasteiger charge is 2.25. The van der Waals surface area contributed by atoms with Gasteiger partial charge in [0, 0.05) is 36.7 Å². The molecule has 0 unspecified atom stereocenters. The molecule has 0 bridgehead atoms. The molecule has 0 aromatic carbocycles. The SMILES string of the molecule is Cc1ncccc1CN[C@H]1CC[C@H](Nc2nccc(/C=C3\SC(=O)NC3=O)n2)CC1. The van der Waals surface area contributed by atoms with Gasteiger partial charge in [0.15, 0.2) is 0 Å². The van der Waals surface area contributed by atoms with E-state index in [0.717, 1.165) is 49.7 Å². The molecule has 2 aromatic heterocycles. The average molecular weight is 425 g/mol. The second-order valence-corrected chi connectivity index (χ2v) is 8.49. The summed E-state index contributed by atoms with van der Waals surface area (Å²) >= 11 is 0.884. The number of hydrogen-bond acceptors (Lipinski definition) is 8. The third-order valence-electron chi connectivity index (χ3n) is 5.36. The lowest BCUT2D eigenvalue weighted by Crippen LogP contribution is -2.37. The van der Waals surface area contributed by atoms with Crippen LogP contribution in [-0.4, -0.2) is 38.2 Å². The molecule has 2 fully saturated rings. The van der Waals surface area contributed by atoms with Crippen LogP contribution in [0.2, 0.25) is 0 Å². The third kappa shape index (κ3) is 5.22. The molecule has 30 heavy (non-hydrogen) atoms. The van der Waals surface area contributed by atoms with E-state index in [9.17, 15) is 9.59 Å². The van der Waals surface area contributed by atoms with Crippen molar-refractivity contribution in [3.63, 3.8) is 0 Å². The summed E-state index contributed by atoms with van der Waals surface area (Å²) in [7, 11) is 0. The van der Waals surface area contributed by atoms with Crippen molar-refractivity contribution in [2.75, 3.05) is 5.32 Å². The molecule has 0 spiro atoms. The van der Waals surface area contributed by atoms with Gasteiger partial charge >= 0.3 is 0 Å². The summed E-state index contributed by atoms with van der Waals surface area (Å²) in [5.74, 6) is 0.159. The monoisotopic (exact) mass is 424 g/mol. The Labute approximate surface area is 179 Å². The largest absolute Gasteiger partial charge is 0.351 e. The number of aromatic nitrogens is 3. The average Bonchev–Trinajstić information content (AvgIpc) is 3.05. The number of hydrogen-bond donors (Lipinski definition) is 3. The lowest BCUT2D eigenvalue weighted by Gasteiger charge is -2.30. The Kier molecular flexibility index (Phi) is 6.39. The Morgan fingerprint density at radius 2 is 1.93 bits per heavy atom. The maximum Gasteiger partial charge on any atom is 0.290 e. The Morgan fingerprint density at radius 1 is 1.13 bits per heavy atom. The van der Waals surface area contributed by atoms with E-state index in [1.807, 2.05) is 19.2 Å². The molecule has 1 saturated heterocycles. The molecule has 2 aromatic rings. The zero-order valence-electron chi connectivity index (χ0n) is 16.7. The van der Waals surface area contributed by atoms with Crippen LogP contribution in [0.25, 0.3) is 6.08 Å². The number of carbonyl (C=O) groups is 2. The Morgan fingerprint density at radius 3 is 2.67 bits per heavy atom. The second kappa shape index (κ2) is 9.36. The molecule has 9 heteroatoms. The molecular weight excluding hydrogens is 400 g/mol. The number of rotatable bonds is 6. The summed E-state index contributed by atoms with van der Waals surface area (Å²) in [6.45, 7) is 2.88. The lowest BCUT2D eigenvalue weighted by atomic mass is 9.91. The first-order chi connectivity index (χ1) is 14.6. The van der Waals surface area contributed by atoms with Gasteiger partial charge in [-0.25, -0.2) is 9.97 Å². The van der Waals surface area contributed by atoms with Crippen LogP contribution in [0.3, 0.4) is 0 Å². The first-order valence-corrected chi connectivity index (χ1v) is 10.9. The lowest BCUT2D eigenvalue weighted by molar-refractivity contribution is -0.115. The van der Waals surface area contributed by atoms with Gasteiger partial charge in [0.1, 0.15) is 0 Å². The van der Waals surface area contributed by atoms with Crippen LogP contribution in [0.1, 0.15) is 42.6 Å². The Hall–Kier alpha value is -2.78. The van der Waals surface area contributed by atoms with Gasteiger partial charge in [-0.2, -0.15) is 0 Å². The molecule has 0 atom stereocenters. The summed E-state index contributed by atoms with van der Waals surface area (Å²) < 4.78 is 0. The second-order valence-electron chi connectivity index (χ2n) is 7.48. The van der Waals surface area contributed by atoms with Crippen LogP contribution < -0.4 is 16.0 Å². The topological polar surface area (TPSA) is 109 Å². The molecule has 1 saturated carbocycles. The third-order valence-corrected chi connectivity index (χ3v) is 6.17. The number of carbonyl (C=O) groups excluding carboxylic acids is 2. The molecule has 3 N–H and O–H groups in total. The van der Waals surface area contributed by atoms with E-state index >= 15 is 0 Å². The number of imide groups is 1. The Bertz CT molecular complexity index is 971. The molecule has 2 aliphatic rings. The minimum atomic E-state index is -0.384. The van der Waals surface area contributed by atoms with Crippen molar-refractivity contribution in [1.82, 2.24) is 25.6 Å². The predicted octanol–water partition coefficient (Wildman–Crippen LogP) is 3.02. The fourth-order valence-electron chi connectivity index (χ4n) is 3.66. The van der Waals surface area contributed by atoms with E-state index in [1.54, 1.807) is 18.3 Å².